The third-order valence-electron chi connectivity index (χ3n) is 3.90. The number of para-hydroxylation sites is 1. The lowest BCUT2D eigenvalue weighted by molar-refractivity contribution is -0.117. The van der Waals surface area contributed by atoms with E-state index in [1.165, 1.54) is 5.01 Å². The van der Waals surface area contributed by atoms with Crippen LogP contribution in [0.25, 0.3) is 6.08 Å². The molecular formula is C22H24N2O4. The summed E-state index contributed by atoms with van der Waals surface area (Å²) in [7, 11) is 0. The van der Waals surface area contributed by atoms with Crippen molar-refractivity contribution in [3.63, 3.8) is 0 Å². The Balaban J connectivity index is 1.91. The standard InChI is InChI=1S/C22H24N2O4/c1-5-27-19-14-15(11-12-18(19)28-22(2,3)4)13-17-20(25)23-24(21(17)26)16-9-7-6-8-10-16/h6-14H,5H2,1-4H3,(H,23,25). The van der Waals surface area contributed by atoms with Crippen LogP contribution in [0.1, 0.15) is 33.3 Å². The number of nitrogens with one attached hydrogen (secondary N) is 1. The Bertz CT molecular complexity index is 914. The average molecular weight is 380 g/mol. The molecule has 0 aromatic heterocycles. The lowest BCUT2D eigenvalue weighted by atomic mass is 10.1. The molecule has 6 heteroatoms. The molecule has 0 saturated carbocycles. The molecule has 0 unspecified atom stereocenters. The number of carbonyl (C=O) groups excluding carboxylic acids is 2. The molecular weight excluding hydrogens is 356 g/mol. The minimum Gasteiger partial charge on any atom is -0.490 e. The van der Waals surface area contributed by atoms with Crippen LogP contribution in [0.4, 0.5) is 5.69 Å². The second kappa shape index (κ2) is 7.76. The van der Waals surface area contributed by atoms with Gasteiger partial charge in [0.15, 0.2) is 11.5 Å². The number of anilines is 1. The fourth-order valence-electron chi connectivity index (χ4n) is 2.78. The quantitative estimate of drug-likeness (QED) is 0.634. The monoisotopic (exact) mass is 380 g/mol. The van der Waals surface area contributed by atoms with Gasteiger partial charge in [0, 0.05) is 0 Å². The zero-order chi connectivity index (χ0) is 20.3. The van der Waals surface area contributed by atoms with Crippen LogP contribution in [-0.2, 0) is 9.59 Å². The van der Waals surface area contributed by atoms with Gasteiger partial charge >= 0.3 is 0 Å². The molecule has 0 radical (unpaired) electrons. The molecule has 146 valence electrons. The minimum atomic E-state index is -0.443. The Morgan fingerprint density at radius 2 is 1.75 bits per heavy atom. The average Bonchev–Trinajstić information content (AvgIpc) is 2.92. The maximum Gasteiger partial charge on any atom is 0.282 e. The van der Waals surface area contributed by atoms with Crippen molar-refractivity contribution in [1.29, 1.82) is 0 Å². The summed E-state index contributed by atoms with van der Waals surface area (Å²) in [6.07, 6.45) is 1.56. The molecule has 1 aliphatic rings. The Kier molecular flexibility index (Phi) is 5.40. The summed E-state index contributed by atoms with van der Waals surface area (Å²) in [5.41, 5.74) is 3.57. The van der Waals surface area contributed by atoms with Gasteiger partial charge < -0.3 is 9.47 Å². The van der Waals surface area contributed by atoms with Crippen molar-refractivity contribution in [3.8, 4) is 11.5 Å². The number of hydrogen-bond acceptors (Lipinski definition) is 4. The molecule has 0 aliphatic carbocycles. The molecule has 0 bridgehead atoms. The van der Waals surface area contributed by atoms with Crippen LogP contribution < -0.4 is 19.9 Å². The van der Waals surface area contributed by atoms with Crippen LogP contribution in [0, 0.1) is 0 Å². The van der Waals surface area contributed by atoms with E-state index in [4.69, 9.17) is 9.47 Å². The van der Waals surface area contributed by atoms with Gasteiger partial charge in [0.05, 0.1) is 12.3 Å². The van der Waals surface area contributed by atoms with Crippen molar-refractivity contribution in [2.24, 2.45) is 0 Å². The van der Waals surface area contributed by atoms with Crippen LogP contribution in [0.15, 0.2) is 54.1 Å². The second-order valence-corrected chi connectivity index (χ2v) is 7.33. The highest BCUT2D eigenvalue weighted by Gasteiger charge is 2.34. The summed E-state index contributed by atoms with van der Waals surface area (Å²) >= 11 is 0. The van der Waals surface area contributed by atoms with Gasteiger partial charge in [-0.3, -0.25) is 15.0 Å². The lowest BCUT2D eigenvalue weighted by Gasteiger charge is -2.23. The van der Waals surface area contributed by atoms with Crippen molar-refractivity contribution in [3.05, 3.63) is 59.7 Å². The van der Waals surface area contributed by atoms with E-state index < -0.39 is 11.8 Å². The summed E-state index contributed by atoms with van der Waals surface area (Å²) in [5.74, 6) is 0.341. The van der Waals surface area contributed by atoms with E-state index in [1.54, 1.807) is 48.5 Å². The van der Waals surface area contributed by atoms with Gasteiger partial charge in [-0.1, -0.05) is 24.3 Å². The predicted molar refractivity (Wildman–Crippen MR) is 108 cm³/mol. The number of nitrogens with zero attached hydrogens (tertiary/aromatic N) is 1. The lowest BCUT2D eigenvalue weighted by Crippen LogP contribution is -2.35. The molecule has 2 aromatic carbocycles. The van der Waals surface area contributed by atoms with Gasteiger partial charge in [-0.2, -0.15) is 0 Å². The van der Waals surface area contributed by atoms with Gasteiger partial charge in [-0.15, -0.1) is 0 Å². The minimum absolute atomic E-state index is 0.0655. The van der Waals surface area contributed by atoms with Crippen molar-refractivity contribution < 1.29 is 19.1 Å². The molecule has 6 nitrogen and oxygen atoms in total. The predicted octanol–water partition coefficient (Wildman–Crippen LogP) is 3.72. The largest absolute Gasteiger partial charge is 0.490 e. The first-order valence-electron chi connectivity index (χ1n) is 9.16. The van der Waals surface area contributed by atoms with Crippen LogP contribution in [0.3, 0.4) is 0 Å². The van der Waals surface area contributed by atoms with Crippen molar-refractivity contribution >= 4 is 23.6 Å². The van der Waals surface area contributed by atoms with Gasteiger partial charge in [-0.05, 0) is 63.6 Å². The summed E-state index contributed by atoms with van der Waals surface area (Å²) in [6.45, 7) is 8.23. The summed E-state index contributed by atoms with van der Waals surface area (Å²) in [6, 6.07) is 14.3. The van der Waals surface area contributed by atoms with E-state index in [0.717, 1.165) is 0 Å². The molecule has 1 fully saturated rings. The second-order valence-electron chi connectivity index (χ2n) is 7.33. The number of ether oxygens (including phenoxy) is 2. The number of benzene rings is 2. The molecule has 0 spiro atoms. The Labute approximate surface area is 164 Å². The number of hydrazine groups is 1. The molecule has 1 heterocycles. The molecule has 1 N–H and O–H groups in total. The van der Waals surface area contributed by atoms with Crippen molar-refractivity contribution in [1.82, 2.24) is 5.43 Å². The first kappa shape index (κ1) is 19.5. The molecule has 28 heavy (non-hydrogen) atoms. The van der Waals surface area contributed by atoms with E-state index in [0.29, 0.717) is 29.4 Å². The molecule has 2 aromatic rings. The highest BCUT2D eigenvalue weighted by atomic mass is 16.5. The SMILES string of the molecule is CCOc1cc(C=C2C(=O)NN(c3ccccc3)C2=O)ccc1OC(C)(C)C. The number of amides is 2. The third kappa shape index (κ3) is 4.34. The number of hydrogen-bond donors (Lipinski definition) is 1. The van der Waals surface area contributed by atoms with E-state index >= 15 is 0 Å². The van der Waals surface area contributed by atoms with Crippen LogP contribution >= 0.6 is 0 Å². The Hall–Kier alpha value is -3.28. The number of carbonyl (C=O) groups is 2. The Morgan fingerprint density at radius 3 is 2.39 bits per heavy atom. The van der Waals surface area contributed by atoms with Crippen molar-refractivity contribution in [2.45, 2.75) is 33.3 Å². The fraction of sp³-hybridized carbons (Fsp3) is 0.273. The highest BCUT2D eigenvalue weighted by Crippen LogP contribution is 2.32. The maximum atomic E-state index is 12.7. The third-order valence-corrected chi connectivity index (χ3v) is 3.90. The van der Waals surface area contributed by atoms with Gasteiger partial charge in [0.25, 0.3) is 11.8 Å². The van der Waals surface area contributed by atoms with Gasteiger partial charge in [-0.25, -0.2) is 5.01 Å². The van der Waals surface area contributed by atoms with Crippen LogP contribution in [-0.4, -0.2) is 24.0 Å². The smallest absolute Gasteiger partial charge is 0.282 e. The summed E-state index contributed by atoms with van der Waals surface area (Å²) in [5, 5.41) is 1.24. The van der Waals surface area contributed by atoms with Crippen LogP contribution in [0.2, 0.25) is 0 Å². The topological polar surface area (TPSA) is 67.9 Å². The molecule has 3 rings (SSSR count). The fourth-order valence-corrected chi connectivity index (χ4v) is 2.78. The van der Waals surface area contributed by atoms with Crippen molar-refractivity contribution in [2.75, 3.05) is 11.6 Å². The molecule has 1 saturated heterocycles. The first-order chi connectivity index (χ1) is 13.3. The van der Waals surface area contributed by atoms with Gasteiger partial charge in [0.1, 0.15) is 11.2 Å². The maximum absolute atomic E-state index is 12.7. The first-order valence-corrected chi connectivity index (χ1v) is 9.16. The van der Waals surface area contributed by atoms with Gasteiger partial charge in [0.2, 0.25) is 0 Å². The Morgan fingerprint density at radius 1 is 1.04 bits per heavy atom. The zero-order valence-corrected chi connectivity index (χ0v) is 16.5. The number of rotatable bonds is 5. The zero-order valence-electron chi connectivity index (χ0n) is 16.5. The molecule has 1 aliphatic heterocycles. The molecule has 2 amide bonds. The van der Waals surface area contributed by atoms with E-state index in [9.17, 15) is 9.59 Å². The normalized spacial score (nSPS) is 15.7. The highest BCUT2D eigenvalue weighted by molar-refractivity contribution is 6.31. The van der Waals surface area contributed by atoms with E-state index in [2.05, 4.69) is 5.43 Å². The summed E-state index contributed by atoms with van der Waals surface area (Å²) in [4.78, 5) is 25.0. The molecule has 0 atom stereocenters. The van der Waals surface area contributed by atoms with E-state index in [-0.39, 0.29) is 11.2 Å². The summed E-state index contributed by atoms with van der Waals surface area (Å²) < 4.78 is 11.6. The van der Waals surface area contributed by atoms with E-state index in [1.807, 2.05) is 33.8 Å². The van der Waals surface area contributed by atoms with Crippen LogP contribution in [0.5, 0.6) is 11.5 Å².